The largest absolute Gasteiger partial charge is 0.466 e. The molecular formula is C13H26O5Si2. The first-order valence-corrected chi connectivity index (χ1v) is 13.2. The SMILES string of the molecule is COC(=O)C=CC(=O)OCCC[Si](C)(C)O[Si](C)(C)C. The molecule has 0 bridgehead atoms. The predicted octanol–water partition coefficient (Wildman–Crippen LogP) is 2.71. The third-order valence-electron chi connectivity index (χ3n) is 2.31. The van der Waals surface area contributed by atoms with Gasteiger partial charge in [-0.15, -0.1) is 0 Å². The molecule has 0 atom stereocenters. The first-order valence-electron chi connectivity index (χ1n) is 6.69. The van der Waals surface area contributed by atoms with Gasteiger partial charge in [-0.1, -0.05) is 0 Å². The van der Waals surface area contributed by atoms with Crippen molar-refractivity contribution in [1.29, 1.82) is 0 Å². The second-order valence-corrected chi connectivity index (χ2v) is 15.2. The number of hydrogen-bond acceptors (Lipinski definition) is 5. The molecular weight excluding hydrogens is 292 g/mol. The molecule has 0 saturated carbocycles. The third-order valence-corrected chi connectivity index (χ3v) is 8.52. The van der Waals surface area contributed by atoms with Crippen LogP contribution in [-0.4, -0.2) is 42.3 Å². The normalized spacial score (nSPS) is 12.5. The number of ether oxygens (including phenoxy) is 2. The Labute approximate surface area is 123 Å². The van der Waals surface area contributed by atoms with Gasteiger partial charge in [-0.2, -0.15) is 0 Å². The fraction of sp³-hybridized carbons (Fsp3) is 0.692. The Hall–Kier alpha value is -0.926. The van der Waals surface area contributed by atoms with Crippen molar-refractivity contribution in [2.45, 2.75) is 45.2 Å². The maximum Gasteiger partial charge on any atom is 0.331 e. The van der Waals surface area contributed by atoms with Gasteiger partial charge in [0.25, 0.3) is 0 Å². The van der Waals surface area contributed by atoms with Crippen LogP contribution in [0.3, 0.4) is 0 Å². The topological polar surface area (TPSA) is 61.8 Å². The van der Waals surface area contributed by atoms with Crippen LogP contribution in [0.1, 0.15) is 6.42 Å². The van der Waals surface area contributed by atoms with Crippen molar-refractivity contribution in [2.75, 3.05) is 13.7 Å². The average Bonchev–Trinajstić information content (AvgIpc) is 2.28. The van der Waals surface area contributed by atoms with Crippen LogP contribution in [0.2, 0.25) is 38.8 Å². The molecule has 0 unspecified atom stereocenters. The van der Waals surface area contributed by atoms with E-state index in [-0.39, 0.29) is 0 Å². The minimum absolute atomic E-state index is 0.343. The molecule has 0 aromatic rings. The summed E-state index contributed by atoms with van der Waals surface area (Å²) in [5.74, 6) is -1.10. The Bertz CT molecular complexity index is 358. The smallest absolute Gasteiger partial charge is 0.331 e. The van der Waals surface area contributed by atoms with Crippen molar-refractivity contribution in [3.05, 3.63) is 12.2 Å². The van der Waals surface area contributed by atoms with E-state index in [1.807, 2.05) is 0 Å². The van der Waals surface area contributed by atoms with Crippen molar-refractivity contribution in [2.24, 2.45) is 0 Å². The lowest BCUT2D eigenvalue weighted by molar-refractivity contribution is -0.139. The first-order chi connectivity index (χ1) is 9.06. The maximum absolute atomic E-state index is 11.3. The molecule has 116 valence electrons. The lowest BCUT2D eigenvalue weighted by atomic mass is 10.5. The molecule has 0 aromatic heterocycles. The number of hydrogen-bond donors (Lipinski definition) is 0. The number of carbonyl (C=O) groups excluding carboxylic acids is 2. The van der Waals surface area contributed by atoms with Crippen molar-refractivity contribution < 1.29 is 23.2 Å². The van der Waals surface area contributed by atoms with Crippen molar-refractivity contribution >= 4 is 28.6 Å². The van der Waals surface area contributed by atoms with Crippen LogP contribution in [0.15, 0.2) is 12.2 Å². The van der Waals surface area contributed by atoms with Gasteiger partial charge in [0, 0.05) is 12.2 Å². The Morgan fingerprint density at radius 2 is 1.55 bits per heavy atom. The lowest BCUT2D eigenvalue weighted by Crippen LogP contribution is -2.42. The Morgan fingerprint density at radius 1 is 1.00 bits per heavy atom. The van der Waals surface area contributed by atoms with Crippen LogP contribution in [-0.2, 0) is 23.2 Å². The monoisotopic (exact) mass is 318 g/mol. The van der Waals surface area contributed by atoms with Crippen LogP contribution in [0.5, 0.6) is 0 Å². The van der Waals surface area contributed by atoms with Gasteiger partial charge in [0.15, 0.2) is 16.6 Å². The highest BCUT2D eigenvalue weighted by Crippen LogP contribution is 2.19. The summed E-state index contributed by atoms with van der Waals surface area (Å²) >= 11 is 0. The molecule has 0 N–H and O–H groups in total. The minimum Gasteiger partial charge on any atom is -0.466 e. The van der Waals surface area contributed by atoms with Crippen LogP contribution < -0.4 is 0 Å². The van der Waals surface area contributed by atoms with E-state index < -0.39 is 28.6 Å². The molecule has 5 nitrogen and oxygen atoms in total. The quantitative estimate of drug-likeness (QED) is 0.298. The van der Waals surface area contributed by atoms with Gasteiger partial charge < -0.3 is 13.6 Å². The molecule has 0 rings (SSSR count). The summed E-state index contributed by atoms with van der Waals surface area (Å²) in [5.41, 5.74) is 0. The van der Waals surface area contributed by atoms with E-state index >= 15 is 0 Å². The van der Waals surface area contributed by atoms with Crippen molar-refractivity contribution in [1.82, 2.24) is 0 Å². The van der Waals surface area contributed by atoms with Crippen LogP contribution >= 0.6 is 0 Å². The molecule has 0 heterocycles. The summed E-state index contributed by atoms with van der Waals surface area (Å²) in [6, 6.07) is 0.950. The molecule has 0 radical (unpaired) electrons. The maximum atomic E-state index is 11.3. The van der Waals surface area contributed by atoms with E-state index in [2.05, 4.69) is 37.5 Å². The van der Waals surface area contributed by atoms with Crippen molar-refractivity contribution in [3.63, 3.8) is 0 Å². The van der Waals surface area contributed by atoms with Gasteiger partial charge in [-0.3, -0.25) is 0 Å². The van der Waals surface area contributed by atoms with Crippen LogP contribution in [0.4, 0.5) is 0 Å². The summed E-state index contributed by atoms with van der Waals surface area (Å²) in [4.78, 5) is 22.1. The molecule has 0 fully saturated rings. The van der Waals surface area contributed by atoms with Gasteiger partial charge in [0.2, 0.25) is 0 Å². The summed E-state index contributed by atoms with van der Waals surface area (Å²) in [6.07, 6.45) is 2.91. The average molecular weight is 319 g/mol. The van der Waals surface area contributed by atoms with Crippen molar-refractivity contribution in [3.8, 4) is 0 Å². The molecule has 0 aliphatic carbocycles. The Morgan fingerprint density at radius 3 is 2.05 bits per heavy atom. The molecule has 0 amide bonds. The third kappa shape index (κ3) is 10.9. The van der Waals surface area contributed by atoms with E-state index in [9.17, 15) is 9.59 Å². The summed E-state index contributed by atoms with van der Waals surface area (Å²) in [5, 5.41) is 0. The molecule has 0 spiro atoms. The van der Waals surface area contributed by atoms with Gasteiger partial charge in [0.1, 0.15) is 0 Å². The zero-order chi connectivity index (χ0) is 15.8. The molecule has 0 saturated heterocycles. The fourth-order valence-corrected chi connectivity index (χ4v) is 9.84. The summed E-state index contributed by atoms with van der Waals surface area (Å²) < 4.78 is 15.6. The highest BCUT2D eigenvalue weighted by Gasteiger charge is 2.28. The molecule has 0 aromatic carbocycles. The number of carbonyl (C=O) groups is 2. The zero-order valence-corrected chi connectivity index (χ0v) is 15.3. The van der Waals surface area contributed by atoms with Gasteiger partial charge in [-0.05, 0) is 45.2 Å². The Kier molecular flexibility index (Phi) is 7.99. The number of esters is 2. The number of rotatable bonds is 8. The highest BCUT2D eigenvalue weighted by atomic mass is 28.4. The Balaban J connectivity index is 3.94. The fourth-order valence-electron chi connectivity index (χ4n) is 1.80. The van der Waals surface area contributed by atoms with Crippen LogP contribution in [0.25, 0.3) is 0 Å². The van der Waals surface area contributed by atoms with Crippen LogP contribution in [0, 0.1) is 0 Å². The minimum atomic E-state index is -1.67. The summed E-state index contributed by atoms with van der Waals surface area (Å²) in [6.45, 7) is 11.3. The molecule has 0 aliphatic rings. The summed E-state index contributed by atoms with van der Waals surface area (Å²) in [7, 11) is -1.93. The van der Waals surface area contributed by atoms with E-state index in [1.54, 1.807) is 0 Å². The highest BCUT2D eigenvalue weighted by molar-refractivity contribution is 6.84. The zero-order valence-electron chi connectivity index (χ0n) is 13.3. The van der Waals surface area contributed by atoms with Gasteiger partial charge in [0.05, 0.1) is 13.7 Å². The standard InChI is InChI=1S/C13H26O5Si2/c1-16-12(14)8-9-13(15)17-10-7-11-20(5,6)18-19(2,3)4/h8-9H,7,10-11H2,1-6H3. The van der Waals surface area contributed by atoms with Gasteiger partial charge in [-0.25, -0.2) is 9.59 Å². The molecule has 0 aliphatic heterocycles. The van der Waals surface area contributed by atoms with E-state index in [1.165, 1.54) is 7.11 Å². The first kappa shape index (κ1) is 19.1. The van der Waals surface area contributed by atoms with Gasteiger partial charge >= 0.3 is 11.9 Å². The van der Waals surface area contributed by atoms with E-state index in [0.717, 1.165) is 24.6 Å². The lowest BCUT2D eigenvalue weighted by Gasteiger charge is -2.31. The second kappa shape index (κ2) is 8.38. The second-order valence-electron chi connectivity index (χ2n) is 6.10. The van der Waals surface area contributed by atoms with E-state index in [0.29, 0.717) is 6.61 Å². The molecule has 20 heavy (non-hydrogen) atoms. The predicted molar refractivity (Wildman–Crippen MR) is 83.5 cm³/mol. The number of methoxy groups -OCH3 is 1. The molecule has 7 heteroatoms. The van der Waals surface area contributed by atoms with E-state index in [4.69, 9.17) is 8.85 Å².